The first-order valence-electron chi connectivity index (χ1n) is 7.14. The summed E-state index contributed by atoms with van der Waals surface area (Å²) in [5.74, 6) is 1.39. The average molecular weight is 338 g/mol. The molecule has 0 aliphatic carbocycles. The van der Waals surface area contributed by atoms with Crippen molar-refractivity contribution in [3.05, 3.63) is 46.1 Å². The van der Waals surface area contributed by atoms with E-state index in [1.165, 1.54) is 0 Å². The van der Waals surface area contributed by atoms with Gasteiger partial charge in [-0.25, -0.2) is 0 Å². The van der Waals surface area contributed by atoms with Gasteiger partial charge in [-0.1, -0.05) is 23.2 Å². The maximum Gasteiger partial charge on any atom is 0.147 e. The number of rotatable bonds is 3. The van der Waals surface area contributed by atoms with E-state index in [0.29, 0.717) is 21.6 Å². The Morgan fingerprint density at radius 2 is 1.86 bits per heavy atom. The SMILES string of the molecule is CN1CCN(/N=C/c2ccc(-c3cc(Cl)ccc3Cl)o2)CC1. The summed E-state index contributed by atoms with van der Waals surface area (Å²) in [5, 5.41) is 7.75. The van der Waals surface area contributed by atoms with E-state index in [-0.39, 0.29) is 0 Å². The summed E-state index contributed by atoms with van der Waals surface area (Å²) < 4.78 is 5.79. The van der Waals surface area contributed by atoms with Gasteiger partial charge < -0.3 is 9.32 Å². The van der Waals surface area contributed by atoms with Gasteiger partial charge in [0, 0.05) is 36.8 Å². The van der Waals surface area contributed by atoms with Crippen LogP contribution in [0.1, 0.15) is 5.76 Å². The predicted molar refractivity (Wildman–Crippen MR) is 90.8 cm³/mol. The molecule has 6 heteroatoms. The number of halogens is 2. The molecule has 4 nitrogen and oxygen atoms in total. The van der Waals surface area contributed by atoms with Crippen LogP contribution in [0.15, 0.2) is 39.9 Å². The minimum atomic E-state index is 0.612. The van der Waals surface area contributed by atoms with Gasteiger partial charge in [-0.3, -0.25) is 5.01 Å². The summed E-state index contributed by atoms with van der Waals surface area (Å²) >= 11 is 12.2. The fourth-order valence-corrected chi connectivity index (χ4v) is 2.69. The zero-order valence-electron chi connectivity index (χ0n) is 12.3. The Morgan fingerprint density at radius 3 is 2.64 bits per heavy atom. The van der Waals surface area contributed by atoms with Crippen LogP contribution in [-0.2, 0) is 0 Å². The van der Waals surface area contributed by atoms with E-state index in [2.05, 4.69) is 22.1 Å². The van der Waals surface area contributed by atoms with E-state index >= 15 is 0 Å². The lowest BCUT2D eigenvalue weighted by molar-refractivity contribution is 0.159. The van der Waals surface area contributed by atoms with Crippen molar-refractivity contribution in [2.45, 2.75) is 0 Å². The van der Waals surface area contributed by atoms with E-state index in [0.717, 1.165) is 31.7 Å². The highest BCUT2D eigenvalue weighted by atomic mass is 35.5. The first kappa shape index (κ1) is 15.4. The molecule has 0 unspecified atom stereocenters. The quantitative estimate of drug-likeness (QED) is 0.797. The smallest absolute Gasteiger partial charge is 0.147 e. The molecular formula is C16H17Cl2N3O. The van der Waals surface area contributed by atoms with Crippen molar-refractivity contribution in [3.8, 4) is 11.3 Å². The van der Waals surface area contributed by atoms with Gasteiger partial charge in [-0.05, 0) is 37.4 Å². The number of furan rings is 1. The summed E-state index contributed by atoms with van der Waals surface area (Å²) in [5.41, 5.74) is 0.786. The molecule has 1 saturated heterocycles. The molecule has 0 saturated carbocycles. The second-order valence-corrected chi connectivity index (χ2v) is 6.17. The van der Waals surface area contributed by atoms with E-state index in [1.807, 2.05) is 12.1 Å². The van der Waals surface area contributed by atoms with Crippen molar-refractivity contribution in [1.82, 2.24) is 9.91 Å². The van der Waals surface area contributed by atoms with Gasteiger partial charge in [0.1, 0.15) is 11.5 Å². The van der Waals surface area contributed by atoms with Crippen LogP contribution in [0, 0.1) is 0 Å². The van der Waals surface area contributed by atoms with E-state index in [1.54, 1.807) is 24.4 Å². The van der Waals surface area contributed by atoms with Crippen LogP contribution in [0.25, 0.3) is 11.3 Å². The molecule has 1 fully saturated rings. The van der Waals surface area contributed by atoms with Crippen LogP contribution in [0.2, 0.25) is 10.0 Å². The number of hydrogen-bond acceptors (Lipinski definition) is 4. The van der Waals surface area contributed by atoms with Crippen LogP contribution in [-0.4, -0.2) is 49.4 Å². The van der Waals surface area contributed by atoms with Crippen LogP contribution < -0.4 is 0 Å². The largest absolute Gasteiger partial charge is 0.455 e. The topological polar surface area (TPSA) is 32.0 Å². The van der Waals surface area contributed by atoms with Crippen LogP contribution in [0.3, 0.4) is 0 Å². The molecule has 0 atom stereocenters. The molecule has 3 rings (SSSR count). The highest BCUT2D eigenvalue weighted by Crippen LogP contribution is 2.31. The Labute approximate surface area is 139 Å². The monoisotopic (exact) mass is 337 g/mol. The lowest BCUT2D eigenvalue weighted by Gasteiger charge is -2.30. The maximum atomic E-state index is 6.19. The number of piperazine rings is 1. The highest BCUT2D eigenvalue weighted by Gasteiger charge is 2.12. The van der Waals surface area contributed by atoms with Crippen molar-refractivity contribution in [2.24, 2.45) is 5.10 Å². The number of hydrazone groups is 1. The molecule has 116 valence electrons. The summed E-state index contributed by atoms with van der Waals surface area (Å²) in [6.07, 6.45) is 1.74. The third-order valence-electron chi connectivity index (χ3n) is 3.65. The third-order valence-corrected chi connectivity index (χ3v) is 4.21. The number of likely N-dealkylation sites (N-methyl/N-ethyl adjacent to an activating group) is 1. The van der Waals surface area contributed by atoms with E-state index in [9.17, 15) is 0 Å². The van der Waals surface area contributed by atoms with Crippen LogP contribution in [0.5, 0.6) is 0 Å². The van der Waals surface area contributed by atoms with Gasteiger partial charge in [-0.2, -0.15) is 5.10 Å². The highest BCUT2D eigenvalue weighted by molar-refractivity contribution is 6.35. The molecule has 0 bridgehead atoms. The molecule has 0 amide bonds. The fourth-order valence-electron chi connectivity index (χ4n) is 2.30. The van der Waals surface area contributed by atoms with Crippen molar-refractivity contribution >= 4 is 29.4 Å². The summed E-state index contributed by atoms with van der Waals surface area (Å²) in [6.45, 7) is 3.92. The summed E-state index contributed by atoms with van der Waals surface area (Å²) in [4.78, 5) is 2.29. The van der Waals surface area contributed by atoms with Crippen molar-refractivity contribution in [1.29, 1.82) is 0 Å². The van der Waals surface area contributed by atoms with Gasteiger partial charge in [-0.15, -0.1) is 0 Å². The normalized spacial score (nSPS) is 16.6. The maximum absolute atomic E-state index is 6.19. The van der Waals surface area contributed by atoms with Gasteiger partial charge in [0.2, 0.25) is 0 Å². The lowest BCUT2D eigenvalue weighted by Crippen LogP contribution is -2.41. The Bertz CT molecular complexity index is 676. The van der Waals surface area contributed by atoms with Crippen molar-refractivity contribution in [3.63, 3.8) is 0 Å². The molecule has 1 aromatic heterocycles. The molecule has 2 heterocycles. The molecule has 1 aliphatic rings. The molecule has 2 aromatic rings. The standard InChI is InChI=1S/C16H17Cl2N3O/c1-20-6-8-21(9-7-20)19-11-13-3-5-16(22-13)14-10-12(17)2-4-15(14)18/h2-5,10-11H,6-9H2,1H3/b19-11+. The first-order chi connectivity index (χ1) is 10.6. The molecule has 0 radical (unpaired) electrons. The number of hydrogen-bond donors (Lipinski definition) is 0. The van der Waals surface area contributed by atoms with Gasteiger partial charge in [0.25, 0.3) is 0 Å². The Morgan fingerprint density at radius 1 is 1.09 bits per heavy atom. The summed E-state index contributed by atoms with van der Waals surface area (Å²) in [7, 11) is 2.12. The second kappa shape index (κ2) is 6.73. The zero-order chi connectivity index (χ0) is 15.5. The third kappa shape index (κ3) is 3.64. The fraction of sp³-hybridized carbons (Fsp3) is 0.312. The molecule has 0 spiro atoms. The minimum Gasteiger partial charge on any atom is -0.455 e. The average Bonchev–Trinajstić information content (AvgIpc) is 2.98. The van der Waals surface area contributed by atoms with Crippen molar-refractivity contribution < 1.29 is 4.42 Å². The van der Waals surface area contributed by atoms with Crippen LogP contribution >= 0.6 is 23.2 Å². The van der Waals surface area contributed by atoms with Gasteiger partial charge in [0.15, 0.2) is 0 Å². The Hall–Kier alpha value is -1.49. The zero-order valence-corrected chi connectivity index (χ0v) is 13.8. The molecule has 1 aliphatic heterocycles. The number of benzene rings is 1. The first-order valence-corrected chi connectivity index (χ1v) is 7.90. The molecule has 1 aromatic carbocycles. The minimum absolute atomic E-state index is 0.612. The van der Waals surface area contributed by atoms with Crippen LogP contribution in [0.4, 0.5) is 0 Å². The van der Waals surface area contributed by atoms with E-state index in [4.69, 9.17) is 27.6 Å². The Balaban J connectivity index is 1.72. The second-order valence-electron chi connectivity index (χ2n) is 5.33. The van der Waals surface area contributed by atoms with Gasteiger partial charge in [0.05, 0.1) is 11.2 Å². The molecule has 0 N–H and O–H groups in total. The lowest BCUT2D eigenvalue weighted by atomic mass is 10.2. The van der Waals surface area contributed by atoms with Crippen molar-refractivity contribution in [2.75, 3.05) is 33.2 Å². The Kier molecular flexibility index (Phi) is 4.71. The summed E-state index contributed by atoms with van der Waals surface area (Å²) in [6, 6.07) is 9.07. The van der Waals surface area contributed by atoms with Gasteiger partial charge >= 0.3 is 0 Å². The number of nitrogens with zero attached hydrogens (tertiary/aromatic N) is 3. The molecular weight excluding hydrogens is 321 g/mol. The predicted octanol–water partition coefficient (Wildman–Crippen LogP) is 3.83. The molecule has 22 heavy (non-hydrogen) atoms. The van der Waals surface area contributed by atoms with E-state index < -0.39 is 0 Å².